The van der Waals surface area contributed by atoms with E-state index in [0.717, 1.165) is 28.1 Å². The first kappa shape index (κ1) is 22.3. The van der Waals surface area contributed by atoms with Crippen LogP contribution < -0.4 is 10.1 Å². The maximum Gasteiger partial charge on any atom is 0.308 e. The summed E-state index contributed by atoms with van der Waals surface area (Å²) in [6.07, 6.45) is 0.565. The molecule has 1 N–H and O–H groups in total. The lowest BCUT2D eigenvalue weighted by Crippen LogP contribution is -2.31. The van der Waals surface area contributed by atoms with Gasteiger partial charge in [-0.15, -0.1) is 0 Å². The number of carbonyl (C=O) groups excluding carboxylic acids is 1. The van der Waals surface area contributed by atoms with E-state index in [0.29, 0.717) is 23.2 Å². The first-order valence-electron chi connectivity index (χ1n) is 9.69. The van der Waals surface area contributed by atoms with Gasteiger partial charge >= 0.3 is 5.97 Å². The molecule has 0 aromatic heterocycles. The van der Waals surface area contributed by atoms with Gasteiger partial charge in [0.05, 0.1) is 13.0 Å². The molecule has 2 aromatic rings. The highest BCUT2D eigenvalue weighted by molar-refractivity contribution is 7.80. The third-order valence-corrected chi connectivity index (χ3v) is 5.37. The number of halogens is 1. The quantitative estimate of drug-likeness (QED) is 0.350. The van der Waals surface area contributed by atoms with Crippen LogP contribution in [0.4, 0.5) is 5.69 Å². The van der Waals surface area contributed by atoms with Crippen LogP contribution in [0.3, 0.4) is 0 Å². The fourth-order valence-electron chi connectivity index (χ4n) is 3.35. The average Bonchev–Trinajstić information content (AvgIpc) is 2.84. The molecule has 1 aliphatic heterocycles. The zero-order valence-corrected chi connectivity index (χ0v) is 18.5. The summed E-state index contributed by atoms with van der Waals surface area (Å²) in [5.74, 6) is 0.371. The maximum absolute atomic E-state index is 12.1. The molecule has 2 atom stereocenters. The molecule has 7 heteroatoms. The van der Waals surface area contributed by atoms with Crippen LogP contribution in [0, 0.1) is 6.92 Å². The molecule has 0 amide bonds. The van der Waals surface area contributed by atoms with Gasteiger partial charge in [-0.1, -0.05) is 48.6 Å². The van der Waals surface area contributed by atoms with E-state index in [1.807, 2.05) is 37.3 Å². The van der Waals surface area contributed by atoms with E-state index in [1.54, 1.807) is 19.1 Å². The second-order valence-electron chi connectivity index (χ2n) is 6.80. The van der Waals surface area contributed by atoms with Gasteiger partial charge < -0.3 is 19.5 Å². The molecule has 1 heterocycles. The van der Waals surface area contributed by atoms with Crippen LogP contribution in [0.1, 0.15) is 36.1 Å². The molecule has 0 fully saturated rings. The number of rotatable bonds is 7. The lowest BCUT2D eigenvalue weighted by molar-refractivity contribution is -0.145. The summed E-state index contributed by atoms with van der Waals surface area (Å²) in [6.45, 7) is 8.13. The van der Waals surface area contributed by atoms with E-state index in [2.05, 4.69) is 11.9 Å². The minimum absolute atomic E-state index is 0.0175. The standard InChI is InChI=1S/C23H24ClNO4S/c1-4-11-28-19-8-6-7-16(14(19)3)22-17-12-15(24)9-10-18(17)25-23(30)20(29-22)13-21(26)27-5-2/h4,6-10,12,20,22H,1,5,11,13H2,2-3H3,(H,25,30)/t20-,22-/m1/s1. The van der Waals surface area contributed by atoms with Crippen molar-refractivity contribution in [3.8, 4) is 5.75 Å². The van der Waals surface area contributed by atoms with Crippen molar-refractivity contribution in [1.29, 1.82) is 0 Å². The second-order valence-corrected chi connectivity index (χ2v) is 7.68. The number of esters is 1. The molecule has 0 spiro atoms. The van der Waals surface area contributed by atoms with E-state index < -0.39 is 12.2 Å². The third kappa shape index (κ3) is 5.01. The van der Waals surface area contributed by atoms with Crippen molar-refractivity contribution in [2.75, 3.05) is 18.5 Å². The van der Waals surface area contributed by atoms with Crippen molar-refractivity contribution in [2.45, 2.75) is 32.5 Å². The molecule has 5 nitrogen and oxygen atoms in total. The smallest absolute Gasteiger partial charge is 0.308 e. The normalized spacial score (nSPS) is 18.0. The van der Waals surface area contributed by atoms with Gasteiger partial charge in [0.25, 0.3) is 0 Å². The van der Waals surface area contributed by atoms with Crippen LogP contribution in [0.25, 0.3) is 0 Å². The zero-order valence-electron chi connectivity index (χ0n) is 16.9. The molecule has 3 rings (SSSR count). The number of fused-ring (bicyclic) bond motifs is 1. The number of thiocarbonyl (C=S) groups is 1. The van der Waals surface area contributed by atoms with Crippen LogP contribution in [-0.2, 0) is 14.3 Å². The van der Waals surface area contributed by atoms with Crippen LogP contribution in [-0.4, -0.2) is 30.3 Å². The van der Waals surface area contributed by atoms with Crippen molar-refractivity contribution < 1.29 is 19.0 Å². The third-order valence-electron chi connectivity index (χ3n) is 4.77. The Morgan fingerprint density at radius 3 is 2.87 bits per heavy atom. The zero-order chi connectivity index (χ0) is 21.7. The van der Waals surface area contributed by atoms with Crippen LogP contribution in [0.15, 0.2) is 49.1 Å². The molecule has 0 aliphatic carbocycles. The van der Waals surface area contributed by atoms with Gasteiger partial charge in [-0.3, -0.25) is 4.79 Å². The van der Waals surface area contributed by atoms with Gasteiger partial charge in [0, 0.05) is 16.3 Å². The minimum atomic E-state index is -0.646. The number of carbonyl (C=O) groups is 1. The highest BCUT2D eigenvalue weighted by Gasteiger charge is 2.32. The van der Waals surface area contributed by atoms with Gasteiger partial charge in [0.2, 0.25) is 0 Å². The van der Waals surface area contributed by atoms with Gasteiger partial charge in [-0.25, -0.2) is 0 Å². The van der Waals surface area contributed by atoms with E-state index in [9.17, 15) is 4.79 Å². The maximum atomic E-state index is 12.1. The van der Waals surface area contributed by atoms with Crippen molar-refractivity contribution in [3.63, 3.8) is 0 Å². The Bertz CT molecular complexity index is 962. The SMILES string of the molecule is C=CCOc1cccc([C@H]2O[C@H](CC(=O)OCC)C(=S)Nc3ccc(Cl)cc32)c1C. The molecule has 0 saturated heterocycles. The fraction of sp³-hybridized carbons (Fsp3) is 0.304. The lowest BCUT2D eigenvalue weighted by atomic mass is 9.95. The summed E-state index contributed by atoms with van der Waals surface area (Å²) in [6, 6.07) is 11.3. The summed E-state index contributed by atoms with van der Waals surface area (Å²) in [7, 11) is 0. The number of benzene rings is 2. The summed E-state index contributed by atoms with van der Waals surface area (Å²) in [5, 5.41) is 3.79. The molecule has 0 radical (unpaired) electrons. The molecule has 0 unspecified atom stereocenters. The van der Waals surface area contributed by atoms with E-state index in [1.165, 1.54) is 0 Å². The Morgan fingerprint density at radius 1 is 1.33 bits per heavy atom. The summed E-state index contributed by atoms with van der Waals surface area (Å²) < 4.78 is 17.3. The predicted molar refractivity (Wildman–Crippen MR) is 123 cm³/mol. The molecular formula is C23H24ClNO4S. The van der Waals surface area contributed by atoms with E-state index >= 15 is 0 Å². The van der Waals surface area contributed by atoms with Crippen molar-refractivity contribution >= 4 is 40.5 Å². The summed E-state index contributed by atoms with van der Waals surface area (Å²) in [4.78, 5) is 12.6. The largest absolute Gasteiger partial charge is 0.489 e. The molecular weight excluding hydrogens is 422 g/mol. The second kappa shape index (κ2) is 10.1. The van der Waals surface area contributed by atoms with Crippen LogP contribution in [0.2, 0.25) is 5.02 Å². The van der Waals surface area contributed by atoms with E-state index in [4.69, 9.17) is 38.0 Å². The van der Waals surface area contributed by atoms with Crippen molar-refractivity contribution in [3.05, 3.63) is 70.8 Å². The molecule has 2 aromatic carbocycles. The Kier molecular flexibility index (Phi) is 7.48. The molecule has 30 heavy (non-hydrogen) atoms. The Balaban J connectivity index is 2.05. The van der Waals surface area contributed by atoms with Gasteiger partial charge in [-0.2, -0.15) is 0 Å². The highest BCUT2D eigenvalue weighted by atomic mass is 35.5. The van der Waals surface area contributed by atoms with Gasteiger partial charge in [-0.05, 0) is 49.2 Å². The summed E-state index contributed by atoms with van der Waals surface area (Å²) in [5.41, 5.74) is 3.45. The monoisotopic (exact) mass is 445 g/mol. The van der Waals surface area contributed by atoms with Gasteiger partial charge in [0.1, 0.15) is 29.6 Å². The van der Waals surface area contributed by atoms with Crippen molar-refractivity contribution in [2.24, 2.45) is 0 Å². The molecule has 1 aliphatic rings. The van der Waals surface area contributed by atoms with Crippen molar-refractivity contribution in [1.82, 2.24) is 0 Å². The fourth-order valence-corrected chi connectivity index (χ4v) is 3.78. The average molecular weight is 446 g/mol. The predicted octanol–water partition coefficient (Wildman–Crippen LogP) is 5.39. The van der Waals surface area contributed by atoms with Gasteiger partial charge in [0.15, 0.2) is 0 Å². The number of ether oxygens (including phenoxy) is 3. The molecule has 0 saturated carbocycles. The topological polar surface area (TPSA) is 56.8 Å². The number of hydrogen-bond donors (Lipinski definition) is 1. The van der Waals surface area contributed by atoms with Crippen LogP contribution in [0.5, 0.6) is 5.75 Å². The Morgan fingerprint density at radius 2 is 2.13 bits per heavy atom. The molecule has 158 valence electrons. The number of hydrogen-bond acceptors (Lipinski definition) is 5. The highest BCUT2D eigenvalue weighted by Crippen LogP contribution is 2.40. The number of nitrogens with one attached hydrogen (secondary N) is 1. The van der Waals surface area contributed by atoms with E-state index in [-0.39, 0.29) is 12.4 Å². The molecule has 0 bridgehead atoms. The first-order valence-corrected chi connectivity index (χ1v) is 10.5. The number of anilines is 1. The van der Waals surface area contributed by atoms with Crippen LogP contribution >= 0.6 is 23.8 Å². The minimum Gasteiger partial charge on any atom is -0.489 e. The Hall–Kier alpha value is -2.41. The first-order chi connectivity index (χ1) is 14.4. The lowest BCUT2D eigenvalue weighted by Gasteiger charge is -2.24. The Labute approximate surface area is 187 Å². The summed E-state index contributed by atoms with van der Waals surface area (Å²) >= 11 is 11.8.